The molecule has 0 radical (unpaired) electrons. The van der Waals surface area contributed by atoms with Gasteiger partial charge in [0.05, 0.1) is 5.92 Å². The lowest BCUT2D eigenvalue weighted by atomic mass is 9.99. The summed E-state index contributed by atoms with van der Waals surface area (Å²) >= 11 is 0. The molecule has 0 aromatic heterocycles. The van der Waals surface area contributed by atoms with E-state index in [-0.39, 0.29) is 12.2 Å². The van der Waals surface area contributed by atoms with Gasteiger partial charge in [0.1, 0.15) is 6.10 Å². The van der Waals surface area contributed by atoms with Crippen LogP contribution in [0.2, 0.25) is 0 Å². The van der Waals surface area contributed by atoms with Gasteiger partial charge in [-0.3, -0.25) is 0 Å². The number of hydrogen-bond donors (Lipinski definition) is 0. The standard InChI is InChI=1S/C13H24N2O2.C10H22/c1-5-11-12(9(2)3)17-14-13(16-11)10-6-7-15(4)8-10;1-4-6-7-8-9-10(3)5-2/h9-12H,5-8H2,1-4H3;10H,4-9H2,1-3H3. The molecular formula is C23H46N2O2. The smallest absolute Gasteiger partial charge is 0.230 e. The van der Waals surface area contributed by atoms with Gasteiger partial charge in [0.15, 0.2) is 6.10 Å². The fourth-order valence-electron chi connectivity index (χ4n) is 3.72. The van der Waals surface area contributed by atoms with E-state index in [1.165, 1.54) is 38.5 Å². The maximum Gasteiger partial charge on any atom is 0.230 e. The molecule has 0 N–H and O–H groups in total. The predicted octanol–water partition coefficient (Wildman–Crippen LogP) is 6.10. The van der Waals surface area contributed by atoms with Crippen LogP contribution in [0.4, 0.5) is 0 Å². The maximum absolute atomic E-state index is 6.04. The van der Waals surface area contributed by atoms with Gasteiger partial charge in [-0.05, 0) is 38.3 Å². The number of ether oxygens (including phenoxy) is 1. The van der Waals surface area contributed by atoms with Crippen molar-refractivity contribution in [3.05, 3.63) is 0 Å². The largest absolute Gasteiger partial charge is 0.471 e. The van der Waals surface area contributed by atoms with Crippen LogP contribution in [0.1, 0.15) is 92.9 Å². The summed E-state index contributed by atoms with van der Waals surface area (Å²) < 4.78 is 6.04. The second-order valence-electron chi connectivity index (χ2n) is 8.92. The van der Waals surface area contributed by atoms with Crippen LogP contribution in [-0.4, -0.2) is 43.1 Å². The van der Waals surface area contributed by atoms with E-state index in [2.05, 4.69) is 58.6 Å². The van der Waals surface area contributed by atoms with Crippen molar-refractivity contribution in [3.63, 3.8) is 0 Å². The van der Waals surface area contributed by atoms with Gasteiger partial charge < -0.3 is 14.5 Å². The fraction of sp³-hybridized carbons (Fsp3) is 0.957. The first kappa shape index (κ1) is 24.3. The van der Waals surface area contributed by atoms with Crippen LogP contribution in [0, 0.1) is 17.8 Å². The zero-order valence-electron chi connectivity index (χ0n) is 19.2. The Morgan fingerprint density at radius 1 is 1.11 bits per heavy atom. The normalized spacial score (nSPS) is 26.7. The maximum atomic E-state index is 6.04. The van der Waals surface area contributed by atoms with Crippen molar-refractivity contribution in [2.24, 2.45) is 22.9 Å². The molecular weight excluding hydrogens is 336 g/mol. The van der Waals surface area contributed by atoms with Gasteiger partial charge in [-0.15, -0.1) is 0 Å². The van der Waals surface area contributed by atoms with Crippen LogP contribution >= 0.6 is 0 Å². The molecule has 0 aliphatic carbocycles. The van der Waals surface area contributed by atoms with E-state index in [1.807, 2.05) is 0 Å². The molecule has 0 saturated carbocycles. The fourth-order valence-corrected chi connectivity index (χ4v) is 3.72. The average Bonchev–Trinajstić information content (AvgIpc) is 3.11. The van der Waals surface area contributed by atoms with Crippen molar-refractivity contribution >= 4 is 5.90 Å². The second kappa shape index (κ2) is 13.4. The SMILES string of the molecule is CCC1OC(C2CCN(C)C2)=NOC1C(C)C.CCCCCCC(C)CC. The van der Waals surface area contributed by atoms with Gasteiger partial charge >= 0.3 is 0 Å². The Morgan fingerprint density at radius 3 is 2.37 bits per heavy atom. The summed E-state index contributed by atoms with van der Waals surface area (Å²) in [5.74, 6) is 2.63. The average molecular weight is 383 g/mol. The first-order valence-electron chi connectivity index (χ1n) is 11.5. The Labute approximate surface area is 169 Å². The molecule has 1 saturated heterocycles. The lowest BCUT2D eigenvalue weighted by Crippen LogP contribution is -2.41. The Bertz CT molecular complexity index is 411. The summed E-state index contributed by atoms with van der Waals surface area (Å²) in [5.41, 5.74) is 0. The molecule has 4 heteroatoms. The van der Waals surface area contributed by atoms with Crippen molar-refractivity contribution in [1.29, 1.82) is 0 Å². The molecule has 0 bridgehead atoms. The Balaban J connectivity index is 0.000000314. The van der Waals surface area contributed by atoms with Crippen molar-refractivity contribution in [1.82, 2.24) is 4.90 Å². The van der Waals surface area contributed by atoms with Crippen LogP contribution in [-0.2, 0) is 9.57 Å². The number of nitrogens with zero attached hydrogens (tertiary/aromatic N) is 2. The number of rotatable bonds is 9. The van der Waals surface area contributed by atoms with E-state index < -0.39 is 0 Å². The van der Waals surface area contributed by atoms with E-state index in [1.54, 1.807) is 0 Å². The number of oxime groups is 1. The van der Waals surface area contributed by atoms with E-state index in [0.29, 0.717) is 11.8 Å². The molecule has 0 spiro atoms. The molecule has 160 valence electrons. The first-order valence-corrected chi connectivity index (χ1v) is 11.5. The highest BCUT2D eigenvalue weighted by atomic mass is 16.7. The van der Waals surface area contributed by atoms with E-state index >= 15 is 0 Å². The monoisotopic (exact) mass is 382 g/mol. The van der Waals surface area contributed by atoms with Gasteiger partial charge in [0.25, 0.3) is 0 Å². The number of hydrogen-bond acceptors (Lipinski definition) is 4. The third-order valence-corrected chi connectivity index (χ3v) is 5.95. The van der Waals surface area contributed by atoms with Crippen LogP contribution in [0.5, 0.6) is 0 Å². The lowest BCUT2D eigenvalue weighted by molar-refractivity contribution is -0.0874. The van der Waals surface area contributed by atoms with E-state index in [9.17, 15) is 0 Å². The zero-order valence-corrected chi connectivity index (χ0v) is 19.2. The quantitative estimate of drug-likeness (QED) is 0.451. The number of unbranched alkanes of at least 4 members (excludes halogenated alkanes) is 3. The second-order valence-corrected chi connectivity index (χ2v) is 8.92. The topological polar surface area (TPSA) is 34.1 Å². The van der Waals surface area contributed by atoms with Crippen LogP contribution < -0.4 is 0 Å². The Morgan fingerprint density at radius 2 is 1.85 bits per heavy atom. The molecule has 0 aromatic rings. The minimum absolute atomic E-state index is 0.0999. The molecule has 4 unspecified atom stereocenters. The van der Waals surface area contributed by atoms with E-state index in [0.717, 1.165) is 37.7 Å². The van der Waals surface area contributed by atoms with Gasteiger partial charge in [-0.25, -0.2) is 0 Å². The molecule has 2 aliphatic heterocycles. The van der Waals surface area contributed by atoms with Gasteiger partial charge in [-0.2, -0.15) is 0 Å². The Hall–Kier alpha value is -0.770. The molecule has 2 heterocycles. The van der Waals surface area contributed by atoms with Gasteiger partial charge in [0, 0.05) is 6.54 Å². The summed E-state index contributed by atoms with van der Waals surface area (Å²) in [6, 6.07) is 0. The molecule has 2 rings (SSSR count). The zero-order chi connectivity index (χ0) is 20.2. The highest BCUT2D eigenvalue weighted by Crippen LogP contribution is 2.26. The Kier molecular flexibility index (Phi) is 12.1. The van der Waals surface area contributed by atoms with Crippen LogP contribution in [0.25, 0.3) is 0 Å². The molecule has 0 amide bonds. The molecule has 4 nitrogen and oxygen atoms in total. The minimum Gasteiger partial charge on any atom is -0.471 e. The minimum atomic E-state index is 0.0999. The van der Waals surface area contributed by atoms with Gasteiger partial charge in [-0.1, -0.05) is 85.2 Å². The highest BCUT2D eigenvalue weighted by molar-refractivity contribution is 5.79. The molecule has 0 aromatic carbocycles. The van der Waals surface area contributed by atoms with Crippen LogP contribution in [0.3, 0.4) is 0 Å². The van der Waals surface area contributed by atoms with Crippen molar-refractivity contribution in [3.8, 4) is 0 Å². The third kappa shape index (κ3) is 8.85. The van der Waals surface area contributed by atoms with Crippen molar-refractivity contribution < 1.29 is 9.57 Å². The molecule has 27 heavy (non-hydrogen) atoms. The molecule has 4 atom stereocenters. The lowest BCUT2D eigenvalue weighted by Gasteiger charge is -2.33. The third-order valence-electron chi connectivity index (χ3n) is 5.95. The van der Waals surface area contributed by atoms with E-state index in [4.69, 9.17) is 9.57 Å². The summed E-state index contributed by atoms with van der Waals surface area (Å²) in [5, 5.41) is 4.21. The highest BCUT2D eigenvalue weighted by Gasteiger charge is 2.36. The predicted molar refractivity (Wildman–Crippen MR) is 116 cm³/mol. The summed E-state index contributed by atoms with van der Waals surface area (Å²) in [6.45, 7) is 15.5. The van der Waals surface area contributed by atoms with Gasteiger partial charge in [0.2, 0.25) is 5.90 Å². The van der Waals surface area contributed by atoms with Crippen LogP contribution in [0.15, 0.2) is 5.16 Å². The van der Waals surface area contributed by atoms with Crippen molar-refractivity contribution in [2.75, 3.05) is 20.1 Å². The summed E-state index contributed by atoms with van der Waals surface area (Å²) in [7, 11) is 2.14. The molecule has 1 fully saturated rings. The molecule has 2 aliphatic rings. The van der Waals surface area contributed by atoms with Crippen molar-refractivity contribution in [2.45, 2.75) is 105 Å². The first-order chi connectivity index (χ1) is 12.9. The summed E-state index contributed by atoms with van der Waals surface area (Å²) in [6.07, 6.45) is 10.8. The summed E-state index contributed by atoms with van der Waals surface area (Å²) in [4.78, 5) is 7.96. The number of likely N-dealkylation sites (tertiary alicyclic amines) is 1.